The Morgan fingerprint density at radius 3 is 2.25 bits per heavy atom. The van der Waals surface area contributed by atoms with Crippen LogP contribution in [0.4, 0.5) is 0 Å². The maximum atomic E-state index is 11.4. The number of rotatable bonds is 2. The summed E-state index contributed by atoms with van der Waals surface area (Å²) in [6.07, 6.45) is 3.59. The van der Waals surface area contributed by atoms with Gasteiger partial charge in [0.05, 0.1) is 4.75 Å². The summed E-state index contributed by atoms with van der Waals surface area (Å²) in [5.74, 6) is 0. The molecule has 1 unspecified atom stereocenters. The fraction of sp³-hybridized carbons (Fsp3) is 0.667. The van der Waals surface area contributed by atoms with E-state index in [9.17, 15) is 4.21 Å². The summed E-state index contributed by atoms with van der Waals surface area (Å²) >= 11 is 0. The summed E-state index contributed by atoms with van der Waals surface area (Å²) in [5, 5.41) is 0. The molecule has 0 bridgehead atoms. The molecule has 3 heteroatoms. The molecule has 0 N–H and O–H groups in total. The summed E-state index contributed by atoms with van der Waals surface area (Å²) < 4.78 is 15.1. The van der Waals surface area contributed by atoms with E-state index >= 15 is 0 Å². The molecule has 0 aliphatic rings. The smallest absolute Gasteiger partial charge is 0.144 e. The molecule has 0 saturated carbocycles. The number of hydrogen-bond donors (Lipinski definition) is 0. The van der Waals surface area contributed by atoms with Crippen LogP contribution in [0.15, 0.2) is 16.0 Å². The maximum absolute atomic E-state index is 11.4. The molecule has 70 valence electrons. The molecule has 0 aromatic rings. The van der Waals surface area contributed by atoms with E-state index in [2.05, 4.69) is 4.40 Å². The van der Waals surface area contributed by atoms with Crippen LogP contribution < -0.4 is 0 Å². The Kier molecular flexibility index (Phi) is 4.39. The van der Waals surface area contributed by atoms with Crippen molar-refractivity contribution in [1.29, 1.82) is 0 Å². The van der Waals surface area contributed by atoms with Gasteiger partial charge < -0.3 is 0 Å². The van der Waals surface area contributed by atoms with E-state index in [0.717, 1.165) is 5.57 Å². The summed E-state index contributed by atoms with van der Waals surface area (Å²) in [6, 6.07) is 0. The van der Waals surface area contributed by atoms with Gasteiger partial charge in [-0.25, -0.2) is 4.21 Å². The van der Waals surface area contributed by atoms with Crippen LogP contribution in [0.1, 0.15) is 34.6 Å². The molecule has 0 heterocycles. The molecule has 12 heavy (non-hydrogen) atoms. The lowest BCUT2D eigenvalue weighted by Gasteiger charge is -2.12. The molecule has 0 amide bonds. The van der Waals surface area contributed by atoms with E-state index in [4.69, 9.17) is 0 Å². The van der Waals surface area contributed by atoms with E-state index in [0.29, 0.717) is 0 Å². The summed E-state index contributed by atoms with van der Waals surface area (Å²) in [6.45, 7) is 9.59. The minimum Gasteiger partial charge on any atom is -0.234 e. The Morgan fingerprint density at radius 1 is 1.42 bits per heavy atom. The number of allylic oxidation sites excluding steroid dienone is 2. The van der Waals surface area contributed by atoms with Crippen molar-refractivity contribution in [3.8, 4) is 0 Å². The summed E-state index contributed by atoms with van der Waals surface area (Å²) in [4.78, 5) is 0. The van der Waals surface area contributed by atoms with Crippen LogP contribution in [0.3, 0.4) is 0 Å². The first-order valence-electron chi connectivity index (χ1n) is 3.97. The van der Waals surface area contributed by atoms with Crippen molar-refractivity contribution in [1.82, 2.24) is 0 Å². The minimum atomic E-state index is -1.13. The molecular formula is C9H17NOS. The van der Waals surface area contributed by atoms with Gasteiger partial charge in [0.15, 0.2) is 0 Å². The van der Waals surface area contributed by atoms with Crippen LogP contribution in [0.2, 0.25) is 0 Å². The first-order chi connectivity index (χ1) is 5.38. The van der Waals surface area contributed by atoms with Crippen LogP contribution in [-0.2, 0) is 11.0 Å². The van der Waals surface area contributed by atoms with Crippen LogP contribution in [0, 0.1) is 0 Å². The predicted octanol–water partition coefficient (Wildman–Crippen LogP) is 2.49. The van der Waals surface area contributed by atoms with Crippen molar-refractivity contribution in [2.45, 2.75) is 39.4 Å². The topological polar surface area (TPSA) is 29.4 Å². The third kappa shape index (κ3) is 4.44. The SMILES string of the molecule is C/C=C(C)/C=N/S(=O)C(C)(C)C. The Bertz CT molecular complexity index is 223. The number of nitrogens with zero attached hydrogens (tertiary/aromatic N) is 1. The summed E-state index contributed by atoms with van der Waals surface area (Å²) in [7, 11) is -1.13. The zero-order chi connectivity index (χ0) is 9.78. The second-order valence-corrected chi connectivity index (χ2v) is 5.56. The third-order valence-corrected chi connectivity index (χ3v) is 2.68. The molecule has 0 spiro atoms. The van der Waals surface area contributed by atoms with Gasteiger partial charge in [-0.15, -0.1) is 0 Å². The van der Waals surface area contributed by atoms with Gasteiger partial charge in [-0.3, -0.25) is 0 Å². The standard InChI is InChI=1S/C9H17NOS/c1-6-8(2)7-10-12(11)9(3,4)5/h6-7H,1-5H3/b8-6+,10-7+. The van der Waals surface area contributed by atoms with E-state index in [1.54, 1.807) is 6.21 Å². The van der Waals surface area contributed by atoms with Gasteiger partial charge in [0.2, 0.25) is 0 Å². The van der Waals surface area contributed by atoms with E-state index in [-0.39, 0.29) is 4.75 Å². The van der Waals surface area contributed by atoms with Crippen molar-refractivity contribution in [2.24, 2.45) is 4.40 Å². The molecule has 2 nitrogen and oxygen atoms in total. The molecule has 0 rings (SSSR count). The fourth-order valence-electron chi connectivity index (χ4n) is 0.364. The molecule has 0 fully saturated rings. The van der Waals surface area contributed by atoms with Gasteiger partial charge >= 0.3 is 0 Å². The molecule has 1 atom stereocenters. The van der Waals surface area contributed by atoms with Crippen LogP contribution >= 0.6 is 0 Å². The highest BCUT2D eigenvalue weighted by Gasteiger charge is 2.17. The van der Waals surface area contributed by atoms with Gasteiger partial charge in [-0.2, -0.15) is 4.40 Å². The zero-order valence-corrected chi connectivity index (χ0v) is 9.23. The van der Waals surface area contributed by atoms with Crippen LogP contribution in [0.25, 0.3) is 0 Å². The molecule has 0 aliphatic carbocycles. The minimum absolute atomic E-state index is 0.259. The normalized spacial score (nSPS) is 16.9. The fourth-order valence-corrected chi connectivity index (χ4v) is 0.942. The Labute approximate surface area is 77.4 Å². The number of hydrogen-bond acceptors (Lipinski definition) is 1. The van der Waals surface area contributed by atoms with Crippen molar-refractivity contribution < 1.29 is 4.21 Å². The van der Waals surface area contributed by atoms with Crippen molar-refractivity contribution in [2.75, 3.05) is 0 Å². The highest BCUT2D eigenvalue weighted by molar-refractivity contribution is 7.85. The Balaban J connectivity index is 4.29. The van der Waals surface area contributed by atoms with Gasteiger partial charge in [-0.05, 0) is 40.2 Å². The van der Waals surface area contributed by atoms with E-state index in [1.165, 1.54) is 0 Å². The first kappa shape index (κ1) is 11.6. The lowest BCUT2D eigenvalue weighted by molar-refractivity contribution is 0.651. The van der Waals surface area contributed by atoms with Crippen molar-refractivity contribution in [3.63, 3.8) is 0 Å². The quantitative estimate of drug-likeness (QED) is 0.611. The molecular weight excluding hydrogens is 170 g/mol. The first-order valence-corrected chi connectivity index (χ1v) is 5.07. The van der Waals surface area contributed by atoms with Gasteiger partial charge in [-0.1, -0.05) is 6.08 Å². The van der Waals surface area contributed by atoms with E-state index < -0.39 is 11.0 Å². The van der Waals surface area contributed by atoms with E-state index in [1.807, 2.05) is 40.7 Å². The van der Waals surface area contributed by atoms with Crippen molar-refractivity contribution >= 4 is 17.2 Å². The zero-order valence-electron chi connectivity index (χ0n) is 8.42. The largest absolute Gasteiger partial charge is 0.234 e. The lowest BCUT2D eigenvalue weighted by Crippen LogP contribution is -2.19. The average Bonchev–Trinajstić information content (AvgIpc) is 1.97. The summed E-state index contributed by atoms with van der Waals surface area (Å²) in [5.41, 5.74) is 1.03. The molecule has 0 aromatic heterocycles. The molecule has 0 aliphatic heterocycles. The average molecular weight is 187 g/mol. The highest BCUT2D eigenvalue weighted by atomic mass is 32.2. The van der Waals surface area contributed by atoms with Crippen molar-refractivity contribution in [3.05, 3.63) is 11.6 Å². The molecule has 0 aromatic carbocycles. The maximum Gasteiger partial charge on any atom is 0.144 e. The predicted molar refractivity (Wildman–Crippen MR) is 55.8 cm³/mol. The lowest BCUT2D eigenvalue weighted by atomic mass is 10.3. The molecule has 0 radical (unpaired) electrons. The van der Waals surface area contributed by atoms with Crippen LogP contribution in [-0.4, -0.2) is 15.2 Å². The Morgan fingerprint density at radius 2 is 1.92 bits per heavy atom. The second-order valence-electron chi connectivity index (χ2n) is 3.63. The van der Waals surface area contributed by atoms with Crippen LogP contribution in [0.5, 0.6) is 0 Å². The Hall–Kier alpha value is -0.440. The molecule has 0 saturated heterocycles. The van der Waals surface area contributed by atoms with Gasteiger partial charge in [0.25, 0.3) is 0 Å². The van der Waals surface area contributed by atoms with Gasteiger partial charge in [0, 0.05) is 6.21 Å². The third-order valence-electron chi connectivity index (χ3n) is 1.33. The van der Waals surface area contributed by atoms with Gasteiger partial charge in [0.1, 0.15) is 11.0 Å². The monoisotopic (exact) mass is 187 g/mol. The second kappa shape index (κ2) is 4.55. The highest BCUT2D eigenvalue weighted by Crippen LogP contribution is 2.11.